The number of likely N-dealkylation sites (tertiary alicyclic amines) is 2. The molecule has 6 nitrogen and oxygen atoms in total. The van der Waals surface area contributed by atoms with Gasteiger partial charge in [-0.2, -0.15) is 8.42 Å². The number of aryl methyl sites for hydroxylation is 1. The van der Waals surface area contributed by atoms with Gasteiger partial charge in [-0.05, 0) is 30.9 Å². The SMILES string of the molecule is Cc1nc(CN2CC3CN(C4=NS(=O)(=O)c5ccccc54)CC3C2)cs1. The van der Waals surface area contributed by atoms with Gasteiger partial charge >= 0.3 is 0 Å². The van der Waals surface area contributed by atoms with Crippen LogP contribution < -0.4 is 0 Å². The molecule has 136 valence electrons. The monoisotopic (exact) mass is 388 g/mol. The lowest BCUT2D eigenvalue weighted by Gasteiger charge is -2.22. The van der Waals surface area contributed by atoms with Crippen molar-refractivity contribution in [2.45, 2.75) is 18.4 Å². The minimum absolute atomic E-state index is 0.340. The molecule has 3 aliphatic heterocycles. The third-order valence-corrected chi connectivity index (χ3v) is 7.67. The molecule has 0 spiro atoms. The molecular formula is C18H20N4O2S2. The molecule has 1 aromatic carbocycles. The van der Waals surface area contributed by atoms with Crippen molar-refractivity contribution < 1.29 is 8.42 Å². The molecule has 0 saturated carbocycles. The number of nitrogens with zero attached hydrogens (tertiary/aromatic N) is 4. The predicted octanol–water partition coefficient (Wildman–Crippen LogP) is 1.96. The largest absolute Gasteiger partial charge is 0.355 e. The van der Waals surface area contributed by atoms with Gasteiger partial charge in [-0.25, -0.2) is 4.98 Å². The van der Waals surface area contributed by atoms with E-state index < -0.39 is 10.0 Å². The van der Waals surface area contributed by atoms with Crippen LogP contribution in [-0.2, 0) is 16.6 Å². The molecule has 0 amide bonds. The quantitative estimate of drug-likeness (QED) is 0.787. The Labute approximate surface area is 157 Å². The molecule has 1 aromatic heterocycles. The Morgan fingerprint density at radius 1 is 1.15 bits per heavy atom. The summed E-state index contributed by atoms with van der Waals surface area (Å²) in [5.41, 5.74) is 1.91. The number of hydrogen-bond donors (Lipinski definition) is 0. The number of thiazole rings is 1. The van der Waals surface area contributed by atoms with Crippen LogP contribution in [0.4, 0.5) is 0 Å². The summed E-state index contributed by atoms with van der Waals surface area (Å²) in [5, 5.41) is 3.26. The molecule has 0 bridgehead atoms. The van der Waals surface area contributed by atoms with Gasteiger partial charge in [0.2, 0.25) is 0 Å². The number of rotatable bonds is 2. The van der Waals surface area contributed by atoms with Crippen LogP contribution in [-0.4, -0.2) is 55.2 Å². The Bertz CT molecular complexity index is 984. The zero-order chi connectivity index (χ0) is 17.9. The van der Waals surface area contributed by atoms with Crippen LogP contribution in [0.3, 0.4) is 0 Å². The van der Waals surface area contributed by atoms with Crippen LogP contribution in [0.15, 0.2) is 38.9 Å². The lowest BCUT2D eigenvalue weighted by atomic mass is 10.0. The standard InChI is InChI=1S/C18H20N4O2S2/c1-12-19-15(11-25-12)10-21-6-13-8-22(9-14(13)7-21)18-16-4-2-3-5-17(16)26(23,24)20-18/h2-5,11,13-14H,6-10H2,1H3. The Kier molecular flexibility index (Phi) is 3.70. The second-order valence-corrected chi connectivity index (χ2v) is 10.00. The Morgan fingerprint density at radius 3 is 2.58 bits per heavy atom. The van der Waals surface area contributed by atoms with Gasteiger partial charge in [0.15, 0.2) is 5.84 Å². The highest BCUT2D eigenvalue weighted by Gasteiger charge is 2.43. The van der Waals surface area contributed by atoms with E-state index in [1.165, 1.54) is 0 Å². The van der Waals surface area contributed by atoms with Crippen LogP contribution >= 0.6 is 11.3 Å². The van der Waals surface area contributed by atoms with Gasteiger partial charge in [-0.1, -0.05) is 12.1 Å². The predicted molar refractivity (Wildman–Crippen MR) is 101 cm³/mol. The summed E-state index contributed by atoms with van der Waals surface area (Å²) in [7, 11) is -3.54. The van der Waals surface area contributed by atoms with Crippen LogP contribution in [0.25, 0.3) is 0 Å². The second kappa shape index (κ2) is 5.87. The van der Waals surface area contributed by atoms with Gasteiger partial charge in [0.25, 0.3) is 10.0 Å². The molecule has 3 aliphatic rings. The van der Waals surface area contributed by atoms with E-state index in [1.54, 1.807) is 23.5 Å². The molecule has 8 heteroatoms. The van der Waals surface area contributed by atoms with Crippen LogP contribution in [0.5, 0.6) is 0 Å². The van der Waals surface area contributed by atoms with Crippen molar-refractivity contribution in [3.05, 3.63) is 45.9 Å². The third kappa shape index (κ3) is 2.67. The highest BCUT2D eigenvalue weighted by molar-refractivity contribution is 7.90. The summed E-state index contributed by atoms with van der Waals surface area (Å²) >= 11 is 1.70. The maximum absolute atomic E-state index is 12.3. The number of sulfonamides is 1. The van der Waals surface area contributed by atoms with E-state index in [2.05, 4.69) is 24.6 Å². The Hall–Kier alpha value is -1.77. The highest BCUT2D eigenvalue weighted by Crippen LogP contribution is 2.35. The molecule has 2 aromatic rings. The van der Waals surface area contributed by atoms with E-state index in [0.717, 1.165) is 49.0 Å². The van der Waals surface area contributed by atoms with Crippen molar-refractivity contribution in [1.29, 1.82) is 0 Å². The Balaban J connectivity index is 1.30. The Morgan fingerprint density at radius 2 is 1.88 bits per heavy atom. The molecule has 0 N–H and O–H groups in total. The molecule has 0 radical (unpaired) electrons. The second-order valence-electron chi connectivity index (χ2n) is 7.36. The molecule has 2 atom stereocenters. The van der Waals surface area contributed by atoms with Gasteiger partial charge in [0, 0.05) is 43.7 Å². The summed E-state index contributed by atoms with van der Waals surface area (Å²) in [6.07, 6.45) is 0. The lowest BCUT2D eigenvalue weighted by Crippen LogP contribution is -2.33. The zero-order valence-electron chi connectivity index (χ0n) is 14.5. The molecule has 26 heavy (non-hydrogen) atoms. The van der Waals surface area contributed by atoms with Crippen LogP contribution in [0, 0.1) is 18.8 Å². The fourth-order valence-electron chi connectivity index (χ4n) is 4.42. The van der Waals surface area contributed by atoms with Gasteiger partial charge in [-0.3, -0.25) is 4.90 Å². The van der Waals surface area contributed by atoms with Crippen molar-refractivity contribution >= 4 is 27.2 Å². The minimum atomic E-state index is -3.54. The first-order valence-corrected chi connectivity index (χ1v) is 11.1. The lowest BCUT2D eigenvalue weighted by molar-refractivity contribution is 0.285. The summed E-state index contributed by atoms with van der Waals surface area (Å²) < 4.78 is 28.7. The minimum Gasteiger partial charge on any atom is -0.355 e. The smallest absolute Gasteiger partial charge is 0.285 e. The summed E-state index contributed by atoms with van der Waals surface area (Å²) in [4.78, 5) is 9.55. The van der Waals surface area contributed by atoms with Gasteiger partial charge in [0.1, 0.15) is 4.90 Å². The van der Waals surface area contributed by atoms with E-state index in [1.807, 2.05) is 19.1 Å². The molecule has 4 heterocycles. The van der Waals surface area contributed by atoms with Crippen LogP contribution in [0.2, 0.25) is 0 Å². The van der Waals surface area contributed by atoms with Crippen molar-refractivity contribution in [3.8, 4) is 0 Å². The molecule has 2 fully saturated rings. The van der Waals surface area contributed by atoms with Crippen molar-refractivity contribution in [2.75, 3.05) is 26.2 Å². The summed E-state index contributed by atoms with van der Waals surface area (Å²) in [5.74, 6) is 1.76. The van der Waals surface area contributed by atoms with Crippen LogP contribution in [0.1, 0.15) is 16.3 Å². The molecule has 0 aliphatic carbocycles. The number of hydrogen-bond acceptors (Lipinski definition) is 6. The van der Waals surface area contributed by atoms with E-state index in [4.69, 9.17) is 0 Å². The average molecular weight is 389 g/mol. The van der Waals surface area contributed by atoms with Gasteiger partial charge in [-0.15, -0.1) is 15.7 Å². The fraction of sp³-hybridized carbons (Fsp3) is 0.444. The van der Waals surface area contributed by atoms with E-state index >= 15 is 0 Å². The number of aromatic nitrogens is 1. The average Bonchev–Trinajstić information content (AvgIpc) is 3.32. The maximum atomic E-state index is 12.3. The first-order valence-electron chi connectivity index (χ1n) is 8.82. The number of benzene rings is 1. The molecule has 2 saturated heterocycles. The third-order valence-electron chi connectivity index (χ3n) is 5.53. The van der Waals surface area contributed by atoms with E-state index in [0.29, 0.717) is 22.6 Å². The maximum Gasteiger partial charge on any atom is 0.285 e. The first kappa shape index (κ1) is 16.4. The van der Waals surface area contributed by atoms with Crippen molar-refractivity contribution in [1.82, 2.24) is 14.8 Å². The van der Waals surface area contributed by atoms with E-state index in [-0.39, 0.29) is 0 Å². The van der Waals surface area contributed by atoms with Crippen molar-refractivity contribution in [3.63, 3.8) is 0 Å². The number of amidine groups is 1. The van der Waals surface area contributed by atoms with Gasteiger partial charge in [0.05, 0.1) is 10.7 Å². The molecule has 5 rings (SSSR count). The first-order chi connectivity index (χ1) is 12.5. The normalized spacial score (nSPS) is 26.8. The summed E-state index contributed by atoms with van der Waals surface area (Å²) in [6, 6.07) is 7.15. The summed E-state index contributed by atoms with van der Waals surface area (Å²) in [6.45, 7) is 6.78. The van der Waals surface area contributed by atoms with Gasteiger partial charge < -0.3 is 4.90 Å². The fourth-order valence-corrected chi connectivity index (χ4v) is 6.25. The molecular weight excluding hydrogens is 368 g/mol. The highest BCUT2D eigenvalue weighted by atomic mass is 32.2. The molecule has 2 unspecified atom stereocenters. The van der Waals surface area contributed by atoms with E-state index in [9.17, 15) is 8.42 Å². The van der Waals surface area contributed by atoms with Crippen molar-refractivity contribution in [2.24, 2.45) is 16.2 Å². The topological polar surface area (TPSA) is 65.9 Å². The number of fused-ring (bicyclic) bond motifs is 2. The zero-order valence-corrected chi connectivity index (χ0v) is 16.1.